The Morgan fingerprint density at radius 1 is 1.27 bits per heavy atom. The number of aromatic amines is 1. The zero-order valence-electron chi connectivity index (χ0n) is 16.9. The van der Waals surface area contributed by atoms with Gasteiger partial charge in [0.2, 0.25) is 0 Å². The van der Waals surface area contributed by atoms with Gasteiger partial charge in [-0.25, -0.2) is 4.79 Å². The smallest absolute Gasteiger partial charge is 0.339 e. The van der Waals surface area contributed by atoms with Gasteiger partial charge in [-0.15, -0.1) is 0 Å². The van der Waals surface area contributed by atoms with Crippen LogP contribution in [0.4, 0.5) is 0 Å². The monoisotopic (exact) mass is 365 g/mol. The van der Waals surface area contributed by atoms with Gasteiger partial charge in [0.1, 0.15) is 5.69 Å². The van der Waals surface area contributed by atoms with Gasteiger partial charge in [-0.2, -0.15) is 0 Å². The van der Waals surface area contributed by atoms with Crippen molar-refractivity contribution in [2.45, 2.75) is 59.3 Å². The van der Waals surface area contributed by atoms with Crippen LogP contribution >= 0.6 is 0 Å². The van der Waals surface area contributed by atoms with Crippen LogP contribution in [0.15, 0.2) is 0 Å². The second kappa shape index (κ2) is 7.80. The lowest BCUT2D eigenvalue weighted by atomic mass is 10.00. The van der Waals surface area contributed by atoms with Crippen LogP contribution in [0, 0.1) is 13.8 Å². The second-order valence-corrected chi connectivity index (χ2v) is 7.77. The molecular weight excluding hydrogens is 334 g/mol. The maximum Gasteiger partial charge on any atom is 0.339 e. The standard InChI is InChI=1S/C19H31N3O4/c1-11-8-22(9-12(2)26-11)19(5,6)10-20-17(23)16-13(3)15(14(4)21-16)18(24)25-7/h11-12,21H,8-10H2,1-7H3,(H,20,23)/t11-,12-/m1/s1. The first-order valence-corrected chi connectivity index (χ1v) is 9.03. The summed E-state index contributed by atoms with van der Waals surface area (Å²) in [6.45, 7) is 14.0. The van der Waals surface area contributed by atoms with E-state index in [1.165, 1.54) is 7.11 Å². The molecule has 0 spiro atoms. The average Bonchev–Trinajstić information content (AvgIpc) is 2.86. The fourth-order valence-electron chi connectivity index (χ4n) is 3.55. The number of carbonyl (C=O) groups excluding carboxylic acids is 2. The predicted octanol–water partition coefficient (Wildman–Crippen LogP) is 2.04. The zero-order chi connectivity index (χ0) is 19.6. The molecule has 1 fully saturated rings. The molecule has 146 valence electrons. The van der Waals surface area contributed by atoms with E-state index in [0.717, 1.165) is 13.1 Å². The van der Waals surface area contributed by atoms with Crippen molar-refractivity contribution < 1.29 is 19.1 Å². The van der Waals surface area contributed by atoms with E-state index in [4.69, 9.17) is 9.47 Å². The Kier molecular flexibility index (Phi) is 6.13. The van der Waals surface area contributed by atoms with Crippen LogP contribution in [0.2, 0.25) is 0 Å². The van der Waals surface area contributed by atoms with Gasteiger partial charge in [-0.1, -0.05) is 0 Å². The molecule has 2 heterocycles. The van der Waals surface area contributed by atoms with Crippen molar-refractivity contribution in [2.24, 2.45) is 0 Å². The van der Waals surface area contributed by atoms with E-state index in [1.54, 1.807) is 13.8 Å². The molecule has 2 N–H and O–H groups in total. The van der Waals surface area contributed by atoms with E-state index < -0.39 is 5.97 Å². The summed E-state index contributed by atoms with van der Waals surface area (Å²) in [6.07, 6.45) is 0.342. The topological polar surface area (TPSA) is 83.7 Å². The fraction of sp³-hybridized carbons (Fsp3) is 0.684. The highest BCUT2D eigenvalue weighted by molar-refractivity contribution is 6.00. The first kappa shape index (κ1) is 20.5. The molecule has 2 atom stereocenters. The van der Waals surface area contributed by atoms with Crippen molar-refractivity contribution in [3.8, 4) is 0 Å². The number of nitrogens with one attached hydrogen (secondary N) is 2. The number of nitrogens with zero attached hydrogens (tertiary/aromatic N) is 1. The van der Waals surface area contributed by atoms with E-state index in [2.05, 4.69) is 42.9 Å². The maximum atomic E-state index is 12.7. The molecule has 26 heavy (non-hydrogen) atoms. The van der Waals surface area contributed by atoms with Gasteiger partial charge in [0, 0.05) is 30.9 Å². The third-order valence-corrected chi connectivity index (χ3v) is 5.01. The lowest BCUT2D eigenvalue weighted by Gasteiger charge is -2.45. The summed E-state index contributed by atoms with van der Waals surface area (Å²) in [5, 5.41) is 3.00. The Morgan fingerprint density at radius 2 is 1.85 bits per heavy atom. The minimum atomic E-state index is -0.438. The summed E-state index contributed by atoms with van der Waals surface area (Å²) in [4.78, 5) is 29.9. The third kappa shape index (κ3) is 4.27. The molecule has 7 nitrogen and oxygen atoms in total. The van der Waals surface area contributed by atoms with Crippen LogP contribution in [-0.2, 0) is 9.47 Å². The number of aryl methyl sites for hydroxylation is 1. The first-order valence-electron chi connectivity index (χ1n) is 9.03. The van der Waals surface area contributed by atoms with Crippen LogP contribution < -0.4 is 5.32 Å². The van der Waals surface area contributed by atoms with Gasteiger partial charge in [-0.05, 0) is 47.1 Å². The van der Waals surface area contributed by atoms with Crippen molar-refractivity contribution >= 4 is 11.9 Å². The van der Waals surface area contributed by atoms with Crippen LogP contribution in [-0.4, -0.2) is 66.3 Å². The molecular formula is C19H31N3O4. The molecule has 7 heteroatoms. The Bertz CT molecular complexity index is 671. The molecule has 1 aliphatic heterocycles. The number of amides is 1. The predicted molar refractivity (Wildman–Crippen MR) is 99.6 cm³/mol. The van der Waals surface area contributed by atoms with Gasteiger partial charge in [-0.3, -0.25) is 9.69 Å². The molecule has 0 aliphatic carbocycles. The molecule has 0 saturated carbocycles. The van der Waals surface area contributed by atoms with Gasteiger partial charge < -0.3 is 19.8 Å². The van der Waals surface area contributed by atoms with E-state index in [0.29, 0.717) is 29.1 Å². The second-order valence-electron chi connectivity index (χ2n) is 7.77. The molecule has 1 aromatic rings. The maximum absolute atomic E-state index is 12.7. The molecule has 1 aromatic heterocycles. The van der Waals surface area contributed by atoms with Crippen molar-refractivity contribution in [3.63, 3.8) is 0 Å². The number of hydrogen-bond donors (Lipinski definition) is 2. The van der Waals surface area contributed by atoms with Crippen LogP contribution in [0.3, 0.4) is 0 Å². The summed E-state index contributed by atoms with van der Waals surface area (Å²) in [7, 11) is 1.33. The van der Waals surface area contributed by atoms with E-state index in [1.807, 2.05) is 0 Å². The van der Waals surface area contributed by atoms with Crippen molar-refractivity contribution in [1.29, 1.82) is 0 Å². The van der Waals surface area contributed by atoms with E-state index in [9.17, 15) is 9.59 Å². The van der Waals surface area contributed by atoms with Crippen molar-refractivity contribution in [3.05, 3.63) is 22.5 Å². The largest absolute Gasteiger partial charge is 0.465 e. The lowest BCUT2D eigenvalue weighted by Crippen LogP contribution is -2.58. The van der Waals surface area contributed by atoms with Gasteiger partial charge in [0.25, 0.3) is 5.91 Å². The summed E-state index contributed by atoms with van der Waals surface area (Å²) in [5.74, 6) is -0.657. The number of H-pyrrole nitrogens is 1. The van der Waals surface area contributed by atoms with Gasteiger partial charge >= 0.3 is 5.97 Å². The number of esters is 1. The molecule has 0 radical (unpaired) electrons. The summed E-state index contributed by atoms with van der Waals surface area (Å²) in [6, 6.07) is 0. The fourth-order valence-corrected chi connectivity index (χ4v) is 3.55. The number of morpholine rings is 1. The van der Waals surface area contributed by atoms with Crippen LogP contribution in [0.5, 0.6) is 0 Å². The minimum absolute atomic E-state index is 0.171. The number of carbonyl (C=O) groups is 2. The van der Waals surface area contributed by atoms with E-state index in [-0.39, 0.29) is 23.7 Å². The van der Waals surface area contributed by atoms with E-state index >= 15 is 0 Å². The van der Waals surface area contributed by atoms with Crippen LogP contribution in [0.1, 0.15) is 59.8 Å². The van der Waals surface area contributed by atoms with Crippen molar-refractivity contribution in [1.82, 2.24) is 15.2 Å². The Balaban J connectivity index is 2.07. The Hall–Kier alpha value is -1.86. The summed E-state index contributed by atoms with van der Waals surface area (Å²) >= 11 is 0. The highest BCUT2D eigenvalue weighted by Crippen LogP contribution is 2.22. The summed E-state index contributed by atoms with van der Waals surface area (Å²) < 4.78 is 10.6. The molecule has 1 aliphatic rings. The molecule has 1 amide bonds. The molecule has 0 unspecified atom stereocenters. The SMILES string of the molecule is COC(=O)c1c(C)[nH]c(C(=O)NCC(C)(C)N2C[C@@H](C)O[C@H](C)C2)c1C. The summed E-state index contributed by atoms with van der Waals surface area (Å²) in [5.41, 5.74) is 1.87. The minimum Gasteiger partial charge on any atom is -0.465 e. The van der Waals surface area contributed by atoms with Crippen LogP contribution in [0.25, 0.3) is 0 Å². The number of rotatable bonds is 5. The molecule has 0 aromatic carbocycles. The lowest BCUT2D eigenvalue weighted by molar-refractivity contribution is -0.0948. The molecule has 2 rings (SSSR count). The zero-order valence-corrected chi connectivity index (χ0v) is 16.9. The highest BCUT2D eigenvalue weighted by Gasteiger charge is 2.34. The number of methoxy groups -OCH3 is 1. The quantitative estimate of drug-likeness (QED) is 0.780. The van der Waals surface area contributed by atoms with Crippen molar-refractivity contribution in [2.75, 3.05) is 26.7 Å². The Morgan fingerprint density at radius 3 is 2.38 bits per heavy atom. The first-order chi connectivity index (χ1) is 12.1. The molecule has 1 saturated heterocycles. The number of ether oxygens (including phenoxy) is 2. The Labute approximate surface area is 155 Å². The van der Waals surface area contributed by atoms with Gasteiger partial charge in [0.05, 0.1) is 24.9 Å². The number of hydrogen-bond acceptors (Lipinski definition) is 5. The average molecular weight is 365 g/mol. The van der Waals surface area contributed by atoms with Gasteiger partial charge in [0.15, 0.2) is 0 Å². The molecule has 0 bridgehead atoms. The third-order valence-electron chi connectivity index (χ3n) is 5.01. The highest BCUT2D eigenvalue weighted by atomic mass is 16.5. The number of aromatic nitrogens is 1. The normalized spacial score (nSPS) is 21.5.